The Morgan fingerprint density at radius 1 is 1.48 bits per heavy atom. The van der Waals surface area contributed by atoms with Crippen molar-refractivity contribution >= 4 is 35.8 Å². The van der Waals surface area contributed by atoms with E-state index in [0.717, 1.165) is 42.9 Å². The van der Waals surface area contributed by atoms with Gasteiger partial charge in [-0.3, -0.25) is 0 Å². The van der Waals surface area contributed by atoms with Gasteiger partial charge in [0.15, 0.2) is 5.96 Å². The van der Waals surface area contributed by atoms with Crippen molar-refractivity contribution in [1.29, 1.82) is 0 Å². The van der Waals surface area contributed by atoms with Crippen LogP contribution >= 0.6 is 24.0 Å². The number of hydrogen-bond acceptors (Lipinski definition) is 3. The predicted octanol–water partition coefficient (Wildman–Crippen LogP) is 2.96. The molecule has 1 unspecified atom stereocenters. The maximum absolute atomic E-state index is 4.85. The first-order chi connectivity index (χ1) is 10.6. The summed E-state index contributed by atoms with van der Waals surface area (Å²) in [5.74, 6) is 2.77. The van der Waals surface area contributed by atoms with Gasteiger partial charge in [-0.15, -0.1) is 24.0 Å². The molecule has 1 N–H and O–H groups in total. The fourth-order valence-electron chi connectivity index (χ4n) is 2.92. The van der Waals surface area contributed by atoms with E-state index in [4.69, 9.17) is 4.99 Å². The molecular formula is C17H30IN5. The van der Waals surface area contributed by atoms with Crippen molar-refractivity contribution in [2.75, 3.05) is 38.6 Å². The third kappa shape index (κ3) is 5.82. The molecule has 23 heavy (non-hydrogen) atoms. The molecule has 0 amide bonds. The Labute approximate surface area is 157 Å². The summed E-state index contributed by atoms with van der Waals surface area (Å²) in [7, 11) is 4.04. The second kappa shape index (κ2) is 9.95. The number of halogens is 1. The van der Waals surface area contributed by atoms with Gasteiger partial charge in [0, 0.05) is 45.5 Å². The van der Waals surface area contributed by atoms with Gasteiger partial charge in [0.05, 0.1) is 6.54 Å². The first-order valence-electron chi connectivity index (χ1n) is 8.26. The summed E-state index contributed by atoms with van der Waals surface area (Å²) < 4.78 is 0. The molecule has 1 aromatic heterocycles. The Balaban J connectivity index is 0.00000264. The summed E-state index contributed by atoms with van der Waals surface area (Å²) in [4.78, 5) is 13.7. The smallest absolute Gasteiger partial charge is 0.194 e. The number of hydrogen-bond donors (Lipinski definition) is 1. The van der Waals surface area contributed by atoms with Gasteiger partial charge in [-0.05, 0) is 31.7 Å². The summed E-state index contributed by atoms with van der Waals surface area (Å²) in [6.45, 7) is 8.20. The molecule has 0 aromatic carbocycles. The normalized spacial score (nSPS) is 18.3. The van der Waals surface area contributed by atoms with E-state index >= 15 is 0 Å². The highest BCUT2D eigenvalue weighted by atomic mass is 127. The molecule has 1 fully saturated rings. The van der Waals surface area contributed by atoms with Crippen molar-refractivity contribution < 1.29 is 0 Å². The zero-order valence-corrected chi connectivity index (χ0v) is 17.1. The van der Waals surface area contributed by atoms with Crippen molar-refractivity contribution in [1.82, 2.24) is 15.2 Å². The molecule has 0 aliphatic carbocycles. The van der Waals surface area contributed by atoms with Gasteiger partial charge >= 0.3 is 0 Å². The molecule has 0 radical (unpaired) electrons. The van der Waals surface area contributed by atoms with Crippen molar-refractivity contribution in [2.24, 2.45) is 10.9 Å². The molecule has 1 saturated heterocycles. The molecule has 0 saturated carbocycles. The summed E-state index contributed by atoms with van der Waals surface area (Å²) >= 11 is 0. The van der Waals surface area contributed by atoms with Gasteiger partial charge in [-0.1, -0.05) is 13.0 Å². The second-order valence-electron chi connectivity index (χ2n) is 6.24. The fraction of sp³-hybridized carbons (Fsp3) is 0.647. The highest BCUT2D eigenvalue weighted by Crippen LogP contribution is 2.18. The van der Waals surface area contributed by atoms with Crippen LogP contribution in [0, 0.1) is 5.92 Å². The van der Waals surface area contributed by atoms with Crippen LogP contribution in [-0.4, -0.2) is 49.6 Å². The van der Waals surface area contributed by atoms with E-state index in [1.807, 2.05) is 31.3 Å². The number of aliphatic imine (C=N–C) groups is 1. The van der Waals surface area contributed by atoms with E-state index in [9.17, 15) is 0 Å². The molecule has 0 bridgehead atoms. The van der Waals surface area contributed by atoms with Crippen LogP contribution < -0.4 is 10.2 Å². The van der Waals surface area contributed by atoms with Crippen molar-refractivity contribution in [3.05, 3.63) is 23.9 Å². The molecule has 1 atom stereocenters. The summed E-state index contributed by atoms with van der Waals surface area (Å²) in [5, 5.41) is 3.43. The Morgan fingerprint density at radius 2 is 2.26 bits per heavy atom. The van der Waals surface area contributed by atoms with Crippen LogP contribution in [0.15, 0.2) is 23.3 Å². The minimum atomic E-state index is 0. The van der Waals surface area contributed by atoms with E-state index in [1.54, 1.807) is 0 Å². The minimum absolute atomic E-state index is 0. The van der Waals surface area contributed by atoms with E-state index in [0.29, 0.717) is 6.54 Å². The van der Waals surface area contributed by atoms with Crippen LogP contribution in [0.5, 0.6) is 0 Å². The van der Waals surface area contributed by atoms with E-state index in [2.05, 4.69) is 35.1 Å². The summed E-state index contributed by atoms with van der Waals surface area (Å²) in [6, 6.07) is 4.09. The number of nitrogens with one attached hydrogen (secondary N) is 1. The number of likely N-dealkylation sites (tertiary alicyclic amines) is 1. The van der Waals surface area contributed by atoms with Crippen LogP contribution in [0.1, 0.15) is 32.3 Å². The quantitative estimate of drug-likeness (QED) is 0.453. The van der Waals surface area contributed by atoms with Gasteiger partial charge < -0.3 is 15.1 Å². The number of piperidine rings is 1. The highest BCUT2D eigenvalue weighted by Gasteiger charge is 2.19. The molecule has 5 nitrogen and oxygen atoms in total. The average Bonchev–Trinajstić information content (AvgIpc) is 2.51. The van der Waals surface area contributed by atoms with Crippen molar-refractivity contribution in [3.8, 4) is 0 Å². The van der Waals surface area contributed by atoms with Gasteiger partial charge in [0.2, 0.25) is 0 Å². The van der Waals surface area contributed by atoms with E-state index in [1.165, 1.54) is 12.8 Å². The summed E-state index contributed by atoms with van der Waals surface area (Å²) in [5.41, 5.74) is 1.16. The van der Waals surface area contributed by atoms with Crippen LogP contribution in [0.3, 0.4) is 0 Å². The number of anilines is 1. The Hall–Kier alpha value is -1.05. The molecule has 1 aliphatic heterocycles. The van der Waals surface area contributed by atoms with Crippen LogP contribution in [0.4, 0.5) is 5.82 Å². The monoisotopic (exact) mass is 431 g/mol. The standard InChI is InChI=1S/C17H29N5.HI/c1-5-18-17(22-11-7-8-14(2)13-22)20-12-15-9-6-10-19-16(15)21(3)4;/h6,9-10,14H,5,7-8,11-13H2,1-4H3,(H,18,20);1H. The number of guanidine groups is 1. The second-order valence-corrected chi connectivity index (χ2v) is 6.24. The van der Waals surface area contributed by atoms with Crippen LogP contribution in [0.25, 0.3) is 0 Å². The molecule has 0 spiro atoms. The maximum atomic E-state index is 4.85. The van der Waals surface area contributed by atoms with Crippen molar-refractivity contribution in [2.45, 2.75) is 33.2 Å². The van der Waals surface area contributed by atoms with Crippen LogP contribution in [0.2, 0.25) is 0 Å². The Kier molecular flexibility index (Phi) is 8.65. The number of rotatable bonds is 4. The number of pyridine rings is 1. The topological polar surface area (TPSA) is 43.8 Å². The van der Waals surface area contributed by atoms with Crippen LogP contribution in [-0.2, 0) is 6.54 Å². The molecule has 6 heteroatoms. The first kappa shape index (κ1) is 20.0. The predicted molar refractivity (Wildman–Crippen MR) is 109 cm³/mol. The molecule has 1 aliphatic rings. The molecular weight excluding hydrogens is 401 g/mol. The Morgan fingerprint density at radius 3 is 2.91 bits per heavy atom. The maximum Gasteiger partial charge on any atom is 0.194 e. The summed E-state index contributed by atoms with van der Waals surface area (Å²) in [6.07, 6.45) is 4.41. The lowest BCUT2D eigenvalue weighted by Crippen LogP contribution is -2.46. The molecule has 2 rings (SSSR count). The SMILES string of the molecule is CCNC(=NCc1cccnc1N(C)C)N1CCCC(C)C1.I. The average molecular weight is 431 g/mol. The number of aromatic nitrogens is 1. The number of nitrogens with zero attached hydrogens (tertiary/aromatic N) is 4. The van der Waals surface area contributed by atoms with Gasteiger partial charge in [0.1, 0.15) is 5.82 Å². The first-order valence-corrected chi connectivity index (χ1v) is 8.26. The minimum Gasteiger partial charge on any atom is -0.362 e. The largest absolute Gasteiger partial charge is 0.362 e. The lowest BCUT2D eigenvalue weighted by molar-refractivity contribution is 0.266. The zero-order chi connectivity index (χ0) is 15.9. The lowest BCUT2D eigenvalue weighted by atomic mass is 10.0. The fourth-order valence-corrected chi connectivity index (χ4v) is 2.92. The van der Waals surface area contributed by atoms with Gasteiger partial charge in [-0.2, -0.15) is 0 Å². The van der Waals surface area contributed by atoms with E-state index in [-0.39, 0.29) is 24.0 Å². The third-order valence-corrected chi connectivity index (χ3v) is 3.98. The molecule has 2 heterocycles. The lowest BCUT2D eigenvalue weighted by Gasteiger charge is -2.33. The van der Waals surface area contributed by atoms with Crippen molar-refractivity contribution in [3.63, 3.8) is 0 Å². The molecule has 1 aromatic rings. The van der Waals surface area contributed by atoms with Gasteiger partial charge in [-0.25, -0.2) is 9.98 Å². The van der Waals surface area contributed by atoms with Gasteiger partial charge in [0.25, 0.3) is 0 Å². The zero-order valence-electron chi connectivity index (χ0n) is 14.7. The third-order valence-electron chi connectivity index (χ3n) is 3.98. The molecule has 130 valence electrons. The Bertz CT molecular complexity index is 504. The highest BCUT2D eigenvalue weighted by molar-refractivity contribution is 14.0. The van der Waals surface area contributed by atoms with E-state index < -0.39 is 0 Å².